The highest BCUT2D eigenvalue weighted by Gasteiger charge is 2.43. The van der Waals surface area contributed by atoms with Gasteiger partial charge in [0.2, 0.25) is 0 Å². The first-order chi connectivity index (χ1) is 16.2. The Morgan fingerprint density at radius 1 is 0.971 bits per heavy atom. The molecule has 34 heavy (non-hydrogen) atoms. The first kappa shape index (κ1) is 25.1. The Balaban J connectivity index is 1.68. The summed E-state index contributed by atoms with van der Waals surface area (Å²) in [7, 11) is 0. The number of hydrogen-bond donors (Lipinski definition) is 0. The lowest BCUT2D eigenvalue weighted by molar-refractivity contribution is -0.150. The van der Waals surface area contributed by atoms with Crippen LogP contribution in [-0.2, 0) is 25.6 Å². The molecule has 8 nitrogen and oxygen atoms in total. The number of carbonyl (C=O) groups excluding carboxylic acids is 3. The number of rotatable bonds is 7. The van der Waals surface area contributed by atoms with Crippen molar-refractivity contribution in [1.82, 2.24) is 4.90 Å². The molecule has 1 saturated heterocycles. The second-order valence-electron chi connectivity index (χ2n) is 8.96. The molecule has 1 amide bonds. The monoisotopic (exact) mass is 469 g/mol. The molecule has 1 fully saturated rings. The lowest BCUT2D eigenvalue weighted by Gasteiger charge is -2.27. The van der Waals surface area contributed by atoms with Gasteiger partial charge in [0.1, 0.15) is 30.1 Å². The summed E-state index contributed by atoms with van der Waals surface area (Å²) in [4.78, 5) is 38.9. The van der Waals surface area contributed by atoms with Gasteiger partial charge in [-0.3, -0.25) is 4.90 Å². The molecule has 1 aliphatic rings. The third-order valence-electron chi connectivity index (χ3n) is 5.05. The smallest absolute Gasteiger partial charge is 0.411 e. The lowest BCUT2D eigenvalue weighted by atomic mass is 10.2. The van der Waals surface area contributed by atoms with Crippen LogP contribution in [0.3, 0.4) is 0 Å². The number of esters is 2. The zero-order valence-electron chi connectivity index (χ0n) is 20.0. The minimum Gasteiger partial charge on any atom is -0.488 e. The van der Waals surface area contributed by atoms with E-state index in [0.29, 0.717) is 17.9 Å². The summed E-state index contributed by atoms with van der Waals surface area (Å²) in [5, 5.41) is 0. The largest absolute Gasteiger partial charge is 0.488 e. The molecule has 182 valence electrons. The number of amides is 1. The fourth-order valence-corrected chi connectivity index (χ4v) is 3.53. The van der Waals surface area contributed by atoms with E-state index in [-0.39, 0.29) is 19.6 Å². The van der Waals surface area contributed by atoms with Gasteiger partial charge in [-0.15, -0.1) is 0 Å². The maximum Gasteiger partial charge on any atom is 0.411 e. The summed E-state index contributed by atoms with van der Waals surface area (Å²) in [5.41, 5.74) is 0.558. The van der Waals surface area contributed by atoms with Gasteiger partial charge in [0.05, 0.1) is 18.7 Å². The van der Waals surface area contributed by atoms with Crippen molar-refractivity contribution < 1.29 is 33.3 Å². The molecule has 2 unspecified atom stereocenters. The van der Waals surface area contributed by atoms with Crippen LogP contribution in [0.4, 0.5) is 4.79 Å². The normalized spacial score (nSPS) is 17.7. The van der Waals surface area contributed by atoms with Gasteiger partial charge in [0.25, 0.3) is 0 Å². The highest BCUT2D eigenvalue weighted by Crippen LogP contribution is 2.26. The van der Waals surface area contributed by atoms with Crippen LogP contribution in [0.25, 0.3) is 0 Å². The van der Waals surface area contributed by atoms with Gasteiger partial charge in [0.15, 0.2) is 0 Å². The number of ether oxygens (including phenoxy) is 4. The quantitative estimate of drug-likeness (QED) is 0.439. The molecule has 2 atom stereocenters. The second kappa shape index (κ2) is 11.0. The molecular weight excluding hydrogens is 438 g/mol. The molecule has 2 aromatic rings. The fourth-order valence-electron chi connectivity index (χ4n) is 3.53. The van der Waals surface area contributed by atoms with Gasteiger partial charge in [-0.05, 0) is 57.5 Å². The predicted molar refractivity (Wildman–Crippen MR) is 124 cm³/mol. The van der Waals surface area contributed by atoms with Gasteiger partial charge in [-0.1, -0.05) is 30.3 Å². The summed E-state index contributed by atoms with van der Waals surface area (Å²) >= 11 is 0. The Kier molecular flexibility index (Phi) is 8.15. The Bertz CT molecular complexity index is 982. The Morgan fingerprint density at radius 3 is 2.26 bits per heavy atom. The topological polar surface area (TPSA) is 91.4 Å². The van der Waals surface area contributed by atoms with Crippen molar-refractivity contribution in [2.24, 2.45) is 0 Å². The molecule has 3 rings (SSSR count). The third kappa shape index (κ3) is 6.97. The van der Waals surface area contributed by atoms with Crippen LogP contribution in [0.15, 0.2) is 54.6 Å². The number of carbonyl (C=O) groups is 3. The van der Waals surface area contributed by atoms with Crippen LogP contribution < -0.4 is 4.74 Å². The van der Waals surface area contributed by atoms with E-state index in [9.17, 15) is 14.4 Å². The lowest BCUT2D eigenvalue weighted by Crippen LogP contribution is -2.44. The zero-order chi connectivity index (χ0) is 24.7. The van der Waals surface area contributed by atoms with E-state index >= 15 is 0 Å². The Morgan fingerprint density at radius 2 is 1.65 bits per heavy atom. The second-order valence-corrected chi connectivity index (χ2v) is 8.96. The first-order valence-electron chi connectivity index (χ1n) is 11.3. The van der Waals surface area contributed by atoms with Crippen LogP contribution in [-0.4, -0.2) is 53.8 Å². The van der Waals surface area contributed by atoms with E-state index < -0.39 is 35.8 Å². The third-order valence-corrected chi connectivity index (χ3v) is 5.05. The van der Waals surface area contributed by atoms with Crippen molar-refractivity contribution in [2.45, 2.75) is 58.5 Å². The SMILES string of the molecule is CCOC(=O)c1ccc(OC2CC(C(=O)OCc3ccccc3)N(C(=O)OC(C)(C)C)C2)cc1. The molecule has 0 N–H and O–H groups in total. The molecule has 0 bridgehead atoms. The van der Waals surface area contributed by atoms with Crippen molar-refractivity contribution in [1.29, 1.82) is 0 Å². The molecule has 8 heteroatoms. The van der Waals surface area contributed by atoms with Crippen LogP contribution in [0, 0.1) is 0 Å². The number of nitrogens with zero attached hydrogens (tertiary/aromatic N) is 1. The zero-order valence-corrected chi connectivity index (χ0v) is 20.0. The minimum absolute atomic E-state index is 0.110. The van der Waals surface area contributed by atoms with Crippen molar-refractivity contribution in [2.75, 3.05) is 13.2 Å². The van der Waals surface area contributed by atoms with Gasteiger partial charge >= 0.3 is 18.0 Å². The van der Waals surface area contributed by atoms with Crippen molar-refractivity contribution in [3.63, 3.8) is 0 Å². The fraction of sp³-hybridized carbons (Fsp3) is 0.423. The molecule has 2 aromatic carbocycles. The minimum atomic E-state index is -0.831. The average molecular weight is 470 g/mol. The highest BCUT2D eigenvalue weighted by atomic mass is 16.6. The van der Waals surface area contributed by atoms with E-state index in [1.807, 2.05) is 30.3 Å². The molecule has 0 saturated carbocycles. The van der Waals surface area contributed by atoms with Crippen LogP contribution in [0.1, 0.15) is 50.0 Å². The summed E-state index contributed by atoms with van der Waals surface area (Å²) < 4.78 is 22.0. The number of likely N-dealkylation sites (tertiary alicyclic amines) is 1. The maximum atomic E-state index is 12.9. The summed E-state index contributed by atoms with van der Waals surface area (Å²) in [5.74, 6) is -0.411. The van der Waals surface area contributed by atoms with Crippen molar-refractivity contribution in [3.05, 3.63) is 65.7 Å². The van der Waals surface area contributed by atoms with E-state index in [1.165, 1.54) is 4.90 Å². The van der Waals surface area contributed by atoms with E-state index in [0.717, 1.165) is 5.56 Å². The predicted octanol–water partition coefficient (Wildman–Crippen LogP) is 4.36. The van der Waals surface area contributed by atoms with Crippen LogP contribution >= 0.6 is 0 Å². The molecule has 0 spiro atoms. The summed E-state index contributed by atoms with van der Waals surface area (Å²) in [6.07, 6.45) is -0.792. The summed E-state index contributed by atoms with van der Waals surface area (Å²) in [6, 6.07) is 15.0. The molecule has 1 heterocycles. The van der Waals surface area contributed by atoms with E-state index in [2.05, 4.69) is 0 Å². The van der Waals surface area contributed by atoms with E-state index in [4.69, 9.17) is 18.9 Å². The Labute approximate surface area is 199 Å². The number of benzene rings is 2. The molecule has 1 aliphatic heterocycles. The van der Waals surface area contributed by atoms with Gasteiger partial charge in [-0.2, -0.15) is 0 Å². The highest BCUT2D eigenvalue weighted by molar-refractivity contribution is 5.89. The van der Waals surface area contributed by atoms with Crippen LogP contribution in [0.2, 0.25) is 0 Å². The molecule has 0 aromatic heterocycles. The number of hydrogen-bond acceptors (Lipinski definition) is 7. The van der Waals surface area contributed by atoms with Gasteiger partial charge in [0, 0.05) is 6.42 Å². The first-order valence-corrected chi connectivity index (χ1v) is 11.3. The Hall–Kier alpha value is -3.55. The van der Waals surface area contributed by atoms with E-state index in [1.54, 1.807) is 52.0 Å². The van der Waals surface area contributed by atoms with Gasteiger partial charge < -0.3 is 18.9 Å². The van der Waals surface area contributed by atoms with Crippen molar-refractivity contribution in [3.8, 4) is 5.75 Å². The molecule has 0 radical (unpaired) electrons. The standard InChI is InChI=1S/C26H31NO7/c1-5-31-23(28)19-11-13-20(14-12-19)33-21-15-22(27(16-21)25(30)34-26(2,3)4)24(29)32-17-18-9-7-6-8-10-18/h6-14,21-22H,5,15-17H2,1-4H3. The van der Waals surface area contributed by atoms with Gasteiger partial charge in [-0.25, -0.2) is 14.4 Å². The van der Waals surface area contributed by atoms with Crippen LogP contribution in [0.5, 0.6) is 5.75 Å². The average Bonchev–Trinajstić information content (AvgIpc) is 3.22. The molecular formula is C26H31NO7. The summed E-state index contributed by atoms with van der Waals surface area (Å²) in [6.45, 7) is 7.61. The molecule has 0 aliphatic carbocycles. The maximum absolute atomic E-state index is 12.9. The van der Waals surface area contributed by atoms with Crippen molar-refractivity contribution >= 4 is 18.0 Å².